The molecule has 0 spiro atoms. The summed E-state index contributed by atoms with van der Waals surface area (Å²) >= 11 is 0. The van der Waals surface area contributed by atoms with Gasteiger partial charge in [-0.15, -0.1) is 6.58 Å². The molecule has 0 aliphatic carbocycles. The maximum absolute atomic E-state index is 3.65. The third kappa shape index (κ3) is 9.22. The highest BCUT2D eigenvalue weighted by atomic mass is 13.8. The van der Waals surface area contributed by atoms with Crippen LogP contribution in [0.4, 0.5) is 0 Å². The Morgan fingerprint density at radius 1 is 0.917 bits per heavy atom. The van der Waals surface area contributed by atoms with Crippen LogP contribution >= 0.6 is 0 Å². The third-order valence-corrected chi connectivity index (χ3v) is 1.59. The molecule has 0 N–H and O–H groups in total. The van der Waals surface area contributed by atoms with E-state index in [0.717, 1.165) is 12.8 Å². The Labute approximate surface area is 76.7 Å². The minimum absolute atomic E-state index is 0.999. The van der Waals surface area contributed by atoms with Crippen LogP contribution in [-0.4, -0.2) is 0 Å². The highest BCUT2D eigenvalue weighted by Gasteiger charge is 1.76. The molecule has 0 nitrogen and oxygen atoms in total. The molecule has 0 saturated carbocycles. The van der Waals surface area contributed by atoms with Gasteiger partial charge in [0.05, 0.1) is 0 Å². The Bertz CT molecular complexity index is 140. The van der Waals surface area contributed by atoms with E-state index in [0.29, 0.717) is 0 Å². The van der Waals surface area contributed by atoms with Crippen molar-refractivity contribution in [2.75, 3.05) is 0 Å². The van der Waals surface area contributed by atoms with Crippen molar-refractivity contribution < 1.29 is 0 Å². The van der Waals surface area contributed by atoms with Crippen molar-refractivity contribution in [1.29, 1.82) is 0 Å². The Morgan fingerprint density at radius 3 is 2.08 bits per heavy atom. The molecule has 0 atom stereocenters. The van der Waals surface area contributed by atoms with E-state index in [1.807, 2.05) is 6.08 Å². The van der Waals surface area contributed by atoms with Crippen molar-refractivity contribution in [2.45, 2.75) is 39.0 Å². The Balaban J connectivity index is 3.14. The minimum atomic E-state index is 0.999. The van der Waals surface area contributed by atoms with E-state index < -0.39 is 0 Å². The van der Waals surface area contributed by atoms with E-state index in [2.05, 4.69) is 37.8 Å². The average molecular weight is 164 g/mol. The number of hydrogen-bond acceptors (Lipinski definition) is 0. The maximum Gasteiger partial charge on any atom is -0.0172 e. The van der Waals surface area contributed by atoms with Gasteiger partial charge in [0.1, 0.15) is 0 Å². The summed E-state index contributed by atoms with van der Waals surface area (Å²) in [5.41, 5.74) is 0. The molecule has 0 aliphatic rings. The Morgan fingerprint density at radius 2 is 1.50 bits per heavy atom. The second-order valence-corrected chi connectivity index (χ2v) is 2.83. The number of rotatable bonds is 7. The molecule has 0 unspecified atom stereocenters. The first-order chi connectivity index (χ1) is 5.91. The first-order valence-electron chi connectivity index (χ1n) is 4.82. The van der Waals surface area contributed by atoms with Gasteiger partial charge < -0.3 is 0 Å². The van der Waals surface area contributed by atoms with Gasteiger partial charge in [-0.2, -0.15) is 0 Å². The predicted molar refractivity (Wildman–Crippen MR) is 57.2 cm³/mol. The quantitative estimate of drug-likeness (QED) is 0.389. The van der Waals surface area contributed by atoms with Crippen LogP contribution in [0.15, 0.2) is 37.0 Å². The summed E-state index contributed by atoms with van der Waals surface area (Å²) in [5, 5.41) is 0. The summed E-state index contributed by atoms with van der Waals surface area (Å²) in [4.78, 5) is 0. The first-order valence-corrected chi connectivity index (χ1v) is 4.82. The fourth-order valence-corrected chi connectivity index (χ4v) is 0.905. The van der Waals surface area contributed by atoms with Gasteiger partial charge in [-0.1, -0.05) is 43.7 Å². The third-order valence-electron chi connectivity index (χ3n) is 1.59. The molecule has 12 heavy (non-hydrogen) atoms. The molecule has 0 bridgehead atoms. The second kappa shape index (κ2) is 10.2. The molecule has 0 aromatic rings. The first kappa shape index (κ1) is 11.2. The zero-order valence-electron chi connectivity index (χ0n) is 8.13. The van der Waals surface area contributed by atoms with Gasteiger partial charge in [0.15, 0.2) is 0 Å². The maximum atomic E-state index is 3.65. The summed E-state index contributed by atoms with van der Waals surface area (Å²) in [5.74, 6) is 0. The zero-order valence-corrected chi connectivity index (χ0v) is 8.13. The van der Waals surface area contributed by atoms with E-state index in [4.69, 9.17) is 0 Å². The molecule has 0 heterocycles. The molecule has 0 aromatic carbocycles. The van der Waals surface area contributed by atoms with E-state index in [-0.39, 0.29) is 0 Å². The largest absolute Gasteiger partial charge is 0.103 e. The van der Waals surface area contributed by atoms with Crippen LogP contribution in [0.25, 0.3) is 0 Å². The number of hydrogen-bond donors (Lipinski definition) is 0. The van der Waals surface area contributed by atoms with Crippen LogP contribution in [0, 0.1) is 0 Å². The van der Waals surface area contributed by atoms with Gasteiger partial charge in [0.25, 0.3) is 0 Å². The van der Waals surface area contributed by atoms with Gasteiger partial charge in [-0.3, -0.25) is 0 Å². The van der Waals surface area contributed by atoms with Crippen molar-refractivity contribution in [2.24, 2.45) is 0 Å². The lowest BCUT2D eigenvalue weighted by molar-refractivity contribution is 0.943. The van der Waals surface area contributed by atoms with Crippen LogP contribution in [0.3, 0.4) is 0 Å². The summed E-state index contributed by atoms with van der Waals surface area (Å²) in [6.45, 7) is 5.86. The zero-order chi connectivity index (χ0) is 9.07. The van der Waals surface area contributed by atoms with E-state index >= 15 is 0 Å². The van der Waals surface area contributed by atoms with Gasteiger partial charge in [-0.05, 0) is 25.7 Å². The molecular formula is C12H20. The molecule has 0 amide bonds. The summed E-state index contributed by atoms with van der Waals surface area (Å²) in [7, 11) is 0. The molecule has 68 valence electrons. The second-order valence-electron chi connectivity index (χ2n) is 2.83. The minimum Gasteiger partial charge on any atom is -0.103 e. The summed E-state index contributed by atoms with van der Waals surface area (Å²) < 4.78 is 0. The standard InChI is InChI=1S/C12H20/c1-3-5-7-9-11-12-10-8-6-4-2/h3,7-10H,1,4-6,11-12H2,2H3/b9-7-,10-8+. The predicted octanol–water partition coefficient (Wildman–Crippen LogP) is 4.26. The normalized spacial score (nSPS) is 11.4. The number of unbranched alkanes of at least 4 members (excludes halogenated alkanes) is 2. The molecule has 0 heteroatoms. The highest BCUT2D eigenvalue weighted by Crippen LogP contribution is 1.96. The van der Waals surface area contributed by atoms with E-state index in [1.165, 1.54) is 19.3 Å². The summed E-state index contributed by atoms with van der Waals surface area (Å²) in [6, 6.07) is 0. The van der Waals surface area contributed by atoms with Crippen LogP contribution in [0.2, 0.25) is 0 Å². The van der Waals surface area contributed by atoms with Crippen molar-refractivity contribution >= 4 is 0 Å². The van der Waals surface area contributed by atoms with Crippen LogP contribution in [0.5, 0.6) is 0 Å². The van der Waals surface area contributed by atoms with Crippen molar-refractivity contribution in [3.8, 4) is 0 Å². The number of allylic oxidation sites excluding steroid dienone is 5. The average Bonchev–Trinajstić information content (AvgIpc) is 2.10. The molecule has 0 aliphatic heterocycles. The van der Waals surface area contributed by atoms with E-state index in [9.17, 15) is 0 Å². The van der Waals surface area contributed by atoms with Gasteiger partial charge >= 0.3 is 0 Å². The summed E-state index contributed by atoms with van der Waals surface area (Å²) in [6.07, 6.45) is 16.6. The highest BCUT2D eigenvalue weighted by molar-refractivity contribution is 4.91. The smallest absolute Gasteiger partial charge is 0.0172 e. The fourth-order valence-electron chi connectivity index (χ4n) is 0.905. The molecule has 0 aromatic heterocycles. The lowest BCUT2D eigenvalue weighted by Gasteiger charge is -1.86. The molecule has 0 radical (unpaired) electrons. The van der Waals surface area contributed by atoms with Crippen LogP contribution in [-0.2, 0) is 0 Å². The van der Waals surface area contributed by atoms with Gasteiger partial charge in [-0.25, -0.2) is 0 Å². The lowest BCUT2D eigenvalue weighted by Crippen LogP contribution is -1.66. The Hall–Kier alpha value is -0.780. The van der Waals surface area contributed by atoms with Crippen molar-refractivity contribution in [3.63, 3.8) is 0 Å². The Kier molecular flexibility index (Phi) is 9.56. The molecule has 0 fully saturated rings. The molecular weight excluding hydrogens is 144 g/mol. The lowest BCUT2D eigenvalue weighted by atomic mass is 10.2. The monoisotopic (exact) mass is 164 g/mol. The topological polar surface area (TPSA) is 0 Å². The van der Waals surface area contributed by atoms with Crippen LogP contribution in [0.1, 0.15) is 39.0 Å². The van der Waals surface area contributed by atoms with Crippen LogP contribution < -0.4 is 0 Å². The van der Waals surface area contributed by atoms with Crippen molar-refractivity contribution in [3.05, 3.63) is 37.0 Å². The van der Waals surface area contributed by atoms with E-state index in [1.54, 1.807) is 0 Å². The SMILES string of the molecule is C=CC/C=C\CC/C=C/CCC. The van der Waals surface area contributed by atoms with Crippen molar-refractivity contribution in [1.82, 2.24) is 0 Å². The molecule has 0 saturated heterocycles. The van der Waals surface area contributed by atoms with Gasteiger partial charge in [0.2, 0.25) is 0 Å². The van der Waals surface area contributed by atoms with Gasteiger partial charge in [0, 0.05) is 0 Å². The molecule has 0 rings (SSSR count). The fraction of sp³-hybridized carbons (Fsp3) is 0.500.